The minimum Gasteiger partial charge on any atom is -0.474 e. The first kappa shape index (κ1) is 9.19. The molecule has 0 atom stereocenters. The van der Waals surface area contributed by atoms with Crippen LogP contribution in [0.25, 0.3) is 0 Å². The largest absolute Gasteiger partial charge is 0.474 e. The van der Waals surface area contributed by atoms with E-state index in [-0.39, 0.29) is 0 Å². The Morgan fingerprint density at radius 1 is 1.57 bits per heavy atom. The number of nitrogens with zero attached hydrogens (tertiary/aromatic N) is 2. The van der Waals surface area contributed by atoms with Crippen molar-refractivity contribution in [2.45, 2.75) is 13.3 Å². The zero-order chi connectivity index (χ0) is 9.80. The van der Waals surface area contributed by atoms with Crippen LogP contribution in [0.1, 0.15) is 24.6 Å². The highest BCUT2D eigenvalue weighted by atomic mass is 16.5. The van der Waals surface area contributed by atoms with Crippen molar-refractivity contribution in [1.82, 2.24) is 4.98 Å². The number of rotatable bonds is 3. The van der Waals surface area contributed by atoms with Gasteiger partial charge in [-0.05, 0) is 30.5 Å². The number of aliphatic imine (C=N–C) groups is 1. The molecule has 0 aliphatic carbocycles. The van der Waals surface area contributed by atoms with E-state index in [9.17, 15) is 0 Å². The molecule has 2 rings (SSSR count). The van der Waals surface area contributed by atoms with Crippen LogP contribution >= 0.6 is 0 Å². The van der Waals surface area contributed by atoms with E-state index >= 15 is 0 Å². The first-order valence-electron chi connectivity index (χ1n) is 4.87. The van der Waals surface area contributed by atoms with Gasteiger partial charge in [-0.1, -0.05) is 6.92 Å². The smallest absolute Gasteiger partial charge is 0.235 e. The number of hydrogen-bond donors (Lipinski definition) is 0. The van der Waals surface area contributed by atoms with Crippen LogP contribution in [0.4, 0.5) is 0 Å². The molecule has 0 unspecified atom stereocenters. The minimum atomic E-state index is 0.677. The van der Waals surface area contributed by atoms with Crippen molar-refractivity contribution in [3.05, 3.63) is 36.0 Å². The van der Waals surface area contributed by atoms with E-state index < -0.39 is 0 Å². The fraction of sp³-hybridized carbons (Fsp3) is 0.364. The van der Waals surface area contributed by atoms with Gasteiger partial charge in [-0.3, -0.25) is 4.98 Å². The third-order valence-corrected chi connectivity index (χ3v) is 2.03. The van der Waals surface area contributed by atoms with Crippen LogP contribution in [-0.4, -0.2) is 24.0 Å². The first-order valence-corrected chi connectivity index (χ1v) is 4.87. The highest BCUT2D eigenvalue weighted by Crippen LogP contribution is 2.10. The van der Waals surface area contributed by atoms with Gasteiger partial charge in [0.15, 0.2) is 0 Å². The van der Waals surface area contributed by atoms with Gasteiger partial charge in [0.05, 0.1) is 6.54 Å². The number of aromatic nitrogens is 1. The predicted molar refractivity (Wildman–Crippen MR) is 55.3 cm³/mol. The Labute approximate surface area is 83.8 Å². The Morgan fingerprint density at radius 3 is 3.21 bits per heavy atom. The molecule has 0 N–H and O–H groups in total. The van der Waals surface area contributed by atoms with Gasteiger partial charge in [0.25, 0.3) is 0 Å². The molecule has 0 saturated carbocycles. The van der Waals surface area contributed by atoms with Crippen LogP contribution in [0.5, 0.6) is 0 Å². The SMILES string of the molecule is CC[CH]c1ccnc(C2=NCCO2)c1. The Bertz CT molecular complexity index is 347. The van der Waals surface area contributed by atoms with E-state index in [1.807, 2.05) is 12.1 Å². The molecule has 0 amide bonds. The van der Waals surface area contributed by atoms with Gasteiger partial charge < -0.3 is 4.74 Å². The molecule has 1 aromatic heterocycles. The second-order valence-corrected chi connectivity index (χ2v) is 3.12. The monoisotopic (exact) mass is 189 g/mol. The van der Waals surface area contributed by atoms with Crippen molar-refractivity contribution in [1.29, 1.82) is 0 Å². The zero-order valence-corrected chi connectivity index (χ0v) is 8.23. The molecule has 0 spiro atoms. The van der Waals surface area contributed by atoms with Crippen LogP contribution in [-0.2, 0) is 4.74 Å². The first-order chi connectivity index (χ1) is 6.90. The predicted octanol–water partition coefficient (Wildman–Crippen LogP) is 1.82. The van der Waals surface area contributed by atoms with E-state index in [4.69, 9.17) is 4.74 Å². The molecular formula is C11H13N2O. The quantitative estimate of drug-likeness (QED) is 0.726. The molecular weight excluding hydrogens is 176 g/mol. The van der Waals surface area contributed by atoms with Gasteiger partial charge in [0.2, 0.25) is 5.90 Å². The van der Waals surface area contributed by atoms with Crippen molar-refractivity contribution >= 4 is 5.90 Å². The van der Waals surface area contributed by atoms with Crippen molar-refractivity contribution < 1.29 is 4.74 Å². The Hall–Kier alpha value is -1.38. The third-order valence-electron chi connectivity index (χ3n) is 2.03. The standard InChI is InChI=1S/C11H13N2O/c1-2-3-9-4-5-12-10(8-9)11-13-6-7-14-11/h3-5,8H,2,6-7H2,1H3. The molecule has 1 radical (unpaired) electrons. The molecule has 1 aromatic rings. The summed E-state index contributed by atoms with van der Waals surface area (Å²) in [7, 11) is 0. The van der Waals surface area contributed by atoms with Gasteiger partial charge in [0.1, 0.15) is 12.3 Å². The maximum atomic E-state index is 5.35. The Balaban J connectivity index is 2.21. The summed E-state index contributed by atoms with van der Waals surface area (Å²) in [5.74, 6) is 0.677. The highest BCUT2D eigenvalue weighted by molar-refractivity contribution is 5.93. The summed E-state index contributed by atoms with van der Waals surface area (Å²) in [6.45, 7) is 3.54. The van der Waals surface area contributed by atoms with Gasteiger partial charge >= 0.3 is 0 Å². The fourth-order valence-corrected chi connectivity index (χ4v) is 1.42. The van der Waals surface area contributed by atoms with Crippen LogP contribution in [0, 0.1) is 6.42 Å². The van der Waals surface area contributed by atoms with E-state index in [0.29, 0.717) is 12.5 Å². The van der Waals surface area contributed by atoms with E-state index in [1.165, 1.54) is 5.56 Å². The van der Waals surface area contributed by atoms with Crippen molar-refractivity contribution in [3.63, 3.8) is 0 Å². The molecule has 73 valence electrons. The lowest BCUT2D eigenvalue weighted by molar-refractivity contribution is 0.347. The molecule has 3 heteroatoms. The summed E-state index contributed by atoms with van der Waals surface area (Å²) < 4.78 is 5.35. The molecule has 3 nitrogen and oxygen atoms in total. The van der Waals surface area contributed by atoms with Crippen LogP contribution in [0.2, 0.25) is 0 Å². The summed E-state index contributed by atoms with van der Waals surface area (Å²) in [6.07, 6.45) is 4.97. The maximum Gasteiger partial charge on any atom is 0.235 e. The van der Waals surface area contributed by atoms with Gasteiger partial charge in [0, 0.05) is 6.20 Å². The average Bonchev–Trinajstić information content (AvgIpc) is 2.71. The summed E-state index contributed by atoms with van der Waals surface area (Å²) in [5, 5.41) is 0. The number of hydrogen-bond acceptors (Lipinski definition) is 3. The Kier molecular flexibility index (Phi) is 2.77. The number of pyridine rings is 1. The second-order valence-electron chi connectivity index (χ2n) is 3.12. The van der Waals surface area contributed by atoms with Gasteiger partial charge in [-0.15, -0.1) is 0 Å². The molecule has 0 fully saturated rings. The van der Waals surface area contributed by atoms with Crippen LogP contribution in [0.15, 0.2) is 23.3 Å². The van der Waals surface area contributed by atoms with Crippen molar-refractivity contribution in [2.75, 3.05) is 13.2 Å². The normalized spacial score (nSPS) is 15.1. The summed E-state index contributed by atoms with van der Waals surface area (Å²) in [4.78, 5) is 8.45. The topological polar surface area (TPSA) is 34.5 Å². The summed E-state index contributed by atoms with van der Waals surface area (Å²) in [5.41, 5.74) is 2.01. The van der Waals surface area contributed by atoms with Crippen LogP contribution < -0.4 is 0 Å². The molecule has 0 bridgehead atoms. The van der Waals surface area contributed by atoms with E-state index in [2.05, 4.69) is 23.3 Å². The third kappa shape index (κ3) is 1.92. The van der Waals surface area contributed by atoms with Gasteiger partial charge in [-0.25, -0.2) is 4.99 Å². The lowest BCUT2D eigenvalue weighted by Crippen LogP contribution is -2.04. The summed E-state index contributed by atoms with van der Waals surface area (Å²) in [6, 6.07) is 4.00. The molecule has 0 aromatic carbocycles. The molecule has 0 saturated heterocycles. The second kappa shape index (κ2) is 4.22. The molecule has 14 heavy (non-hydrogen) atoms. The molecule has 1 aliphatic heterocycles. The van der Waals surface area contributed by atoms with Gasteiger partial charge in [-0.2, -0.15) is 0 Å². The Morgan fingerprint density at radius 2 is 2.50 bits per heavy atom. The molecule has 1 aliphatic rings. The maximum absolute atomic E-state index is 5.35. The lowest BCUT2D eigenvalue weighted by atomic mass is 10.1. The fourth-order valence-electron chi connectivity index (χ4n) is 1.42. The summed E-state index contributed by atoms with van der Waals surface area (Å²) >= 11 is 0. The lowest BCUT2D eigenvalue weighted by Gasteiger charge is -2.02. The zero-order valence-electron chi connectivity index (χ0n) is 8.23. The highest BCUT2D eigenvalue weighted by Gasteiger charge is 2.11. The average molecular weight is 189 g/mol. The van der Waals surface area contributed by atoms with E-state index in [0.717, 1.165) is 18.7 Å². The van der Waals surface area contributed by atoms with Crippen molar-refractivity contribution in [3.8, 4) is 0 Å². The molecule has 2 heterocycles. The van der Waals surface area contributed by atoms with Crippen molar-refractivity contribution in [2.24, 2.45) is 4.99 Å². The number of ether oxygens (including phenoxy) is 1. The van der Waals surface area contributed by atoms with Crippen LogP contribution in [0.3, 0.4) is 0 Å². The van der Waals surface area contributed by atoms with E-state index in [1.54, 1.807) is 6.20 Å². The minimum absolute atomic E-state index is 0.677.